The Morgan fingerprint density at radius 3 is 2.60 bits per heavy atom. The molecule has 0 heterocycles. The molecule has 0 aliphatic carbocycles. The van der Waals surface area contributed by atoms with Gasteiger partial charge in [0.05, 0.1) is 5.56 Å². The van der Waals surface area contributed by atoms with Gasteiger partial charge in [-0.05, 0) is 29.7 Å². The van der Waals surface area contributed by atoms with Crippen molar-refractivity contribution in [3.63, 3.8) is 0 Å². The minimum Gasteiger partial charge on any atom is -0.507 e. The molecule has 15 heavy (non-hydrogen) atoms. The monoisotopic (exact) mass is 206 g/mol. The number of benzene rings is 2. The van der Waals surface area contributed by atoms with Crippen molar-refractivity contribution in [2.24, 2.45) is 0 Å². The Labute approximate surface area is 84.4 Å². The highest BCUT2D eigenvalue weighted by Gasteiger charge is 2.08. The van der Waals surface area contributed by atoms with Crippen molar-refractivity contribution in [2.45, 2.75) is 0 Å². The summed E-state index contributed by atoms with van der Waals surface area (Å²) >= 11 is 0. The van der Waals surface area contributed by atoms with Gasteiger partial charge in [0.2, 0.25) is 0 Å². The third-order valence-corrected chi connectivity index (χ3v) is 2.14. The first-order valence-electron chi connectivity index (χ1n) is 4.23. The van der Waals surface area contributed by atoms with Gasteiger partial charge in [-0.2, -0.15) is 0 Å². The van der Waals surface area contributed by atoms with Crippen LogP contribution < -0.4 is 0 Å². The first-order valence-corrected chi connectivity index (χ1v) is 4.23. The number of aromatic hydroxyl groups is 1. The minimum absolute atomic E-state index is 0.0217. The van der Waals surface area contributed by atoms with Crippen LogP contribution in [0.1, 0.15) is 10.4 Å². The molecule has 2 aromatic carbocycles. The number of halogens is 1. The van der Waals surface area contributed by atoms with Crippen LogP contribution in [0.4, 0.5) is 4.39 Å². The molecule has 0 spiro atoms. The van der Waals surface area contributed by atoms with Gasteiger partial charge >= 0.3 is 5.97 Å². The van der Waals surface area contributed by atoms with Gasteiger partial charge in [-0.25, -0.2) is 9.18 Å². The molecule has 0 amide bonds. The average Bonchev–Trinajstić information content (AvgIpc) is 2.18. The average molecular weight is 206 g/mol. The molecule has 0 saturated carbocycles. The summed E-state index contributed by atoms with van der Waals surface area (Å²) in [6.07, 6.45) is 0. The van der Waals surface area contributed by atoms with Crippen molar-refractivity contribution in [1.29, 1.82) is 0 Å². The van der Waals surface area contributed by atoms with E-state index in [-0.39, 0.29) is 11.3 Å². The lowest BCUT2D eigenvalue weighted by atomic mass is 10.1. The maximum atomic E-state index is 12.8. The largest absolute Gasteiger partial charge is 0.507 e. The Balaban J connectivity index is 2.78. The van der Waals surface area contributed by atoms with E-state index in [2.05, 4.69) is 0 Å². The Kier molecular flexibility index (Phi) is 2.04. The molecule has 0 unspecified atom stereocenters. The number of phenols is 1. The van der Waals surface area contributed by atoms with Crippen LogP contribution in [0.15, 0.2) is 30.3 Å². The van der Waals surface area contributed by atoms with Crippen LogP contribution in [-0.4, -0.2) is 16.2 Å². The number of hydrogen-bond donors (Lipinski definition) is 2. The second-order valence-electron chi connectivity index (χ2n) is 3.17. The van der Waals surface area contributed by atoms with Crippen LogP contribution in [0.2, 0.25) is 0 Å². The van der Waals surface area contributed by atoms with Crippen LogP contribution >= 0.6 is 0 Å². The zero-order valence-electron chi connectivity index (χ0n) is 7.57. The zero-order valence-corrected chi connectivity index (χ0v) is 7.57. The van der Waals surface area contributed by atoms with Gasteiger partial charge in [0.25, 0.3) is 0 Å². The maximum absolute atomic E-state index is 12.8. The number of carbonyl (C=O) groups is 1. The summed E-state index contributed by atoms with van der Waals surface area (Å²) in [5, 5.41) is 19.0. The first-order chi connectivity index (χ1) is 7.08. The molecule has 0 atom stereocenters. The predicted octanol–water partition coefficient (Wildman–Crippen LogP) is 2.38. The van der Waals surface area contributed by atoms with E-state index < -0.39 is 11.8 Å². The molecule has 0 bridgehead atoms. The van der Waals surface area contributed by atoms with Gasteiger partial charge in [-0.15, -0.1) is 0 Å². The number of phenolic OH excluding ortho intramolecular Hbond substituents is 1. The van der Waals surface area contributed by atoms with E-state index in [1.165, 1.54) is 18.2 Å². The molecule has 0 aliphatic rings. The summed E-state index contributed by atoms with van der Waals surface area (Å²) in [7, 11) is 0. The highest BCUT2D eigenvalue weighted by atomic mass is 19.1. The van der Waals surface area contributed by atoms with Crippen LogP contribution in [0, 0.1) is 5.82 Å². The summed E-state index contributed by atoms with van der Waals surface area (Å²) in [4.78, 5) is 10.7. The lowest BCUT2D eigenvalue weighted by Crippen LogP contribution is -1.95. The normalized spacial score (nSPS) is 10.5. The molecule has 0 radical (unpaired) electrons. The maximum Gasteiger partial charge on any atom is 0.335 e. The second-order valence-corrected chi connectivity index (χ2v) is 3.17. The van der Waals surface area contributed by atoms with E-state index in [1.54, 1.807) is 0 Å². The Morgan fingerprint density at radius 1 is 1.20 bits per heavy atom. The van der Waals surface area contributed by atoms with Crippen molar-refractivity contribution in [3.8, 4) is 5.75 Å². The fourth-order valence-corrected chi connectivity index (χ4v) is 1.43. The molecule has 76 valence electrons. The fourth-order valence-electron chi connectivity index (χ4n) is 1.43. The topological polar surface area (TPSA) is 57.5 Å². The molecule has 4 heteroatoms. The number of rotatable bonds is 1. The van der Waals surface area contributed by atoms with E-state index in [0.717, 1.165) is 12.1 Å². The Hall–Kier alpha value is -2.10. The number of hydrogen-bond acceptors (Lipinski definition) is 2. The smallest absolute Gasteiger partial charge is 0.335 e. The van der Waals surface area contributed by atoms with Gasteiger partial charge in [-0.3, -0.25) is 0 Å². The fraction of sp³-hybridized carbons (Fsp3) is 0. The number of aromatic carboxylic acids is 1. The van der Waals surface area contributed by atoms with E-state index >= 15 is 0 Å². The molecule has 0 aromatic heterocycles. The predicted molar refractivity (Wildman–Crippen MR) is 52.5 cm³/mol. The van der Waals surface area contributed by atoms with Gasteiger partial charge in [0.15, 0.2) is 0 Å². The van der Waals surface area contributed by atoms with Crippen molar-refractivity contribution >= 4 is 16.7 Å². The third kappa shape index (κ3) is 1.61. The van der Waals surface area contributed by atoms with Crippen LogP contribution in [-0.2, 0) is 0 Å². The van der Waals surface area contributed by atoms with E-state index in [9.17, 15) is 14.3 Å². The Morgan fingerprint density at radius 2 is 1.93 bits per heavy atom. The SMILES string of the molecule is O=C(O)c1cc(O)c2cc(F)ccc2c1. The number of fused-ring (bicyclic) bond motifs is 1. The lowest BCUT2D eigenvalue weighted by Gasteiger charge is -2.03. The standard InChI is InChI=1S/C11H7FO3/c12-8-2-1-6-3-7(11(14)15)4-10(13)9(6)5-8/h1-5,13H,(H,14,15). The molecule has 0 aliphatic heterocycles. The molecule has 2 N–H and O–H groups in total. The van der Waals surface area contributed by atoms with Crippen LogP contribution in [0.5, 0.6) is 5.75 Å². The van der Waals surface area contributed by atoms with Crippen molar-refractivity contribution < 1.29 is 19.4 Å². The molecule has 0 fully saturated rings. The number of carboxylic acids is 1. The molecule has 2 rings (SSSR count). The summed E-state index contributed by atoms with van der Waals surface area (Å²) in [5.41, 5.74) is -0.0217. The molecule has 0 saturated heterocycles. The van der Waals surface area contributed by atoms with Crippen molar-refractivity contribution in [2.75, 3.05) is 0 Å². The van der Waals surface area contributed by atoms with Crippen LogP contribution in [0.3, 0.4) is 0 Å². The van der Waals surface area contributed by atoms with Gasteiger partial charge < -0.3 is 10.2 Å². The lowest BCUT2D eigenvalue weighted by molar-refractivity contribution is 0.0696. The molecular formula is C11H7FO3. The Bertz CT molecular complexity index is 549. The second kappa shape index (κ2) is 3.24. The van der Waals surface area contributed by atoms with Gasteiger partial charge in [0.1, 0.15) is 11.6 Å². The third-order valence-electron chi connectivity index (χ3n) is 2.14. The van der Waals surface area contributed by atoms with Gasteiger partial charge in [-0.1, -0.05) is 6.07 Å². The summed E-state index contributed by atoms with van der Waals surface area (Å²) < 4.78 is 12.8. The van der Waals surface area contributed by atoms with E-state index in [4.69, 9.17) is 5.11 Å². The van der Waals surface area contributed by atoms with Crippen molar-refractivity contribution in [1.82, 2.24) is 0 Å². The van der Waals surface area contributed by atoms with Crippen LogP contribution in [0.25, 0.3) is 10.8 Å². The summed E-state index contributed by atoms with van der Waals surface area (Å²) in [6, 6.07) is 6.29. The minimum atomic E-state index is -1.13. The number of carboxylic acid groups (broad SMARTS) is 1. The van der Waals surface area contributed by atoms with E-state index in [1.807, 2.05) is 0 Å². The summed E-state index contributed by atoms with van der Waals surface area (Å²) in [6.45, 7) is 0. The molecule has 3 nitrogen and oxygen atoms in total. The molecular weight excluding hydrogens is 199 g/mol. The highest BCUT2D eigenvalue weighted by Crippen LogP contribution is 2.27. The summed E-state index contributed by atoms with van der Waals surface area (Å²) in [5.74, 6) is -1.83. The zero-order chi connectivity index (χ0) is 11.0. The van der Waals surface area contributed by atoms with E-state index in [0.29, 0.717) is 10.8 Å². The highest BCUT2D eigenvalue weighted by molar-refractivity contribution is 5.97. The quantitative estimate of drug-likeness (QED) is 0.753. The van der Waals surface area contributed by atoms with Gasteiger partial charge in [0, 0.05) is 5.39 Å². The van der Waals surface area contributed by atoms with Crippen molar-refractivity contribution in [3.05, 3.63) is 41.7 Å². The molecule has 2 aromatic rings. The first kappa shape index (κ1) is 9.45.